The third-order valence-electron chi connectivity index (χ3n) is 3.47. The van der Waals surface area contributed by atoms with E-state index in [2.05, 4.69) is 69.2 Å². The largest absolute Gasteiger partial charge is 0.271 e. The minimum absolute atomic E-state index is 0.116. The zero-order valence-electron chi connectivity index (χ0n) is 10.8. The van der Waals surface area contributed by atoms with Gasteiger partial charge in [0.2, 0.25) is 0 Å². The van der Waals surface area contributed by atoms with Crippen LogP contribution in [0.25, 0.3) is 10.1 Å². The molecule has 4 heteroatoms. The zero-order chi connectivity index (χ0) is 13.9. The second kappa shape index (κ2) is 6.06. The van der Waals surface area contributed by atoms with Crippen LogP contribution in [0.4, 0.5) is 0 Å². The number of thiophene rings is 1. The third-order valence-corrected chi connectivity index (χ3v) is 5.22. The number of fused-ring (bicyclic) bond motifs is 1. The van der Waals surface area contributed by atoms with Crippen molar-refractivity contribution in [3.05, 3.63) is 69.5 Å². The van der Waals surface area contributed by atoms with Gasteiger partial charge in [-0.05, 0) is 40.4 Å². The van der Waals surface area contributed by atoms with Crippen LogP contribution in [0.5, 0.6) is 0 Å². The highest BCUT2D eigenvalue weighted by atomic mass is 79.9. The van der Waals surface area contributed by atoms with Crippen molar-refractivity contribution in [2.75, 3.05) is 0 Å². The van der Waals surface area contributed by atoms with E-state index < -0.39 is 0 Å². The Morgan fingerprint density at radius 2 is 1.85 bits per heavy atom. The Balaban J connectivity index is 1.96. The smallest absolute Gasteiger partial charge is 0.0515 e. The third kappa shape index (κ3) is 2.65. The van der Waals surface area contributed by atoms with Crippen molar-refractivity contribution in [1.82, 2.24) is 5.43 Å². The summed E-state index contributed by atoms with van der Waals surface area (Å²) in [5.74, 6) is 5.79. The maximum absolute atomic E-state index is 5.79. The number of hydrogen-bond acceptors (Lipinski definition) is 3. The van der Waals surface area contributed by atoms with Gasteiger partial charge in [-0.1, -0.05) is 52.3 Å². The molecule has 2 aromatic carbocycles. The van der Waals surface area contributed by atoms with Crippen LogP contribution in [0.15, 0.2) is 58.4 Å². The van der Waals surface area contributed by atoms with Crippen LogP contribution >= 0.6 is 27.3 Å². The first kappa shape index (κ1) is 13.8. The van der Waals surface area contributed by atoms with Gasteiger partial charge in [-0.15, -0.1) is 11.3 Å². The summed E-state index contributed by atoms with van der Waals surface area (Å²) in [5, 5.41) is 3.49. The van der Waals surface area contributed by atoms with E-state index in [0.29, 0.717) is 0 Å². The zero-order valence-corrected chi connectivity index (χ0v) is 13.2. The molecule has 0 spiro atoms. The maximum atomic E-state index is 5.79. The van der Waals surface area contributed by atoms with Gasteiger partial charge in [-0.3, -0.25) is 11.3 Å². The molecule has 0 bridgehead atoms. The average Bonchev–Trinajstić information content (AvgIpc) is 2.90. The maximum Gasteiger partial charge on any atom is 0.0515 e. The molecule has 1 atom stereocenters. The minimum atomic E-state index is 0.116. The summed E-state index contributed by atoms with van der Waals surface area (Å²) in [5.41, 5.74) is 5.48. The predicted molar refractivity (Wildman–Crippen MR) is 89.7 cm³/mol. The summed E-state index contributed by atoms with van der Waals surface area (Å²) < 4.78 is 2.43. The SMILES string of the molecule is NNC(Cc1ccccc1Br)c1csc2ccccc12. The molecule has 3 N–H and O–H groups in total. The number of halogens is 1. The fourth-order valence-electron chi connectivity index (χ4n) is 2.41. The van der Waals surface area contributed by atoms with Crippen molar-refractivity contribution < 1.29 is 0 Å². The summed E-state index contributed by atoms with van der Waals surface area (Å²) in [6.07, 6.45) is 0.860. The van der Waals surface area contributed by atoms with Crippen LogP contribution in [0.3, 0.4) is 0 Å². The van der Waals surface area contributed by atoms with E-state index in [9.17, 15) is 0 Å². The van der Waals surface area contributed by atoms with Crippen molar-refractivity contribution in [2.45, 2.75) is 12.5 Å². The molecule has 0 saturated heterocycles. The van der Waals surface area contributed by atoms with E-state index in [0.717, 1.165) is 10.9 Å². The molecule has 0 saturated carbocycles. The quantitative estimate of drug-likeness (QED) is 0.542. The molecule has 20 heavy (non-hydrogen) atoms. The van der Waals surface area contributed by atoms with Crippen LogP contribution < -0.4 is 11.3 Å². The molecule has 0 fully saturated rings. The standard InChI is InChI=1S/C16H15BrN2S/c17-14-7-3-1-5-11(14)9-15(19-18)13-10-20-16-8-4-2-6-12(13)16/h1-8,10,15,19H,9,18H2. The van der Waals surface area contributed by atoms with Gasteiger partial charge in [0.15, 0.2) is 0 Å². The second-order valence-electron chi connectivity index (χ2n) is 4.70. The first-order chi connectivity index (χ1) is 9.79. The summed E-state index contributed by atoms with van der Waals surface area (Å²) in [4.78, 5) is 0. The summed E-state index contributed by atoms with van der Waals surface area (Å²) in [7, 11) is 0. The molecule has 0 aliphatic rings. The lowest BCUT2D eigenvalue weighted by molar-refractivity contribution is 0.556. The van der Waals surface area contributed by atoms with E-state index in [-0.39, 0.29) is 6.04 Å². The predicted octanol–water partition coefficient (Wildman–Crippen LogP) is 4.41. The van der Waals surface area contributed by atoms with Gasteiger partial charge in [-0.25, -0.2) is 0 Å². The first-order valence-corrected chi connectivity index (χ1v) is 8.12. The number of nitrogens with two attached hydrogens (primary N) is 1. The highest BCUT2D eigenvalue weighted by Gasteiger charge is 2.16. The van der Waals surface area contributed by atoms with Gasteiger partial charge < -0.3 is 0 Å². The van der Waals surface area contributed by atoms with Crippen LogP contribution in [0.1, 0.15) is 17.2 Å². The molecule has 1 aromatic heterocycles. The Morgan fingerprint density at radius 1 is 1.10 bits per heavy atom. The second-order valence-corrected chi connectivity index (χ2v) is 6.47. The molecular formula is C16H15BrN2S. The van der Waals surface area contributed by atoms with E-state index in [1.807, 2.05) is 6.07 Å². The molecule has 1 heterocycles. The van der Waals surface area contributed by atoms with E-state index in [1.165, 1.54) is 21.2 Å². The highest BCUT2D eigenvalue weighted by molar-refractivity contribution is 9.10. The van der Waals surface area contributed by atoms with E-state index in [4.69, 9.17) is 5.84 Å². The molecule has 3 rings (SSSR count). The van der Waals surface area contributed by atoms with Gasteiger partial charge in [0.05, 0.1) is 6.04 Å². The highest BCUT2D eigenvalue weighted by Crippen LogP contribution is 2.32. The average molecular weight is 347 g/mol. The molecule has 0 amide bonds. The Hall–Kier alpha value is -1.20. The number of hydrogen-bond donors (Lipinski definition) is 2. The lowest BCUT2D eigenvalue weighted by Gasteiger charge is -2.16. The molecule has 0 radical (unpaired) electrons. The first-order valence-electron chi connectivity index (χ1n) is 6.45. The Bertz CT molecular complexity index is 723. The normalized spacial score (nSPS) is 12.7. The van der Waals surface area contributed by atoms with Crippen molar-refractivity contribution in [3.8, 4) is 0 Å². The number of benzene rings is 2. The molecule has 3 aromatic rings. The summed E-state index contributed by atoms with van der Waals surface area (Å²) >= 11 is 5.37. The van der Waals surface area contributed by atoms with Gasteiger partial charge >= 0.3 is 0 Å². The van der Waals surface area contributed by atoms with Crippen molar-refractivity contribution in [3.63, 3.8) is 0 Å². The number of hydrazine groups is 1. The fraction of sp³-hybridized carbons (Fsp3) is 0.125. The van der Waals surface area contributed by atoms with Gasteiger partial charge in [0.25, 0.3) is 0 Å². The monoisotopic (exact) mass is 346 g/mol. The molecule has 1 unspecified atom stereocenters. The van der Waals surface area contributed by atoms with Crippen molar-refractivity contribution in [2.24, 2.45) is 5.84 Å². The lowest BCUT2D eigenvalue weighted by atomic mass is 9.99. The summed E-state index contributed by atoms with van der Waals surface area (Å²) in [6.45, 7) is 0. The van der Waals surface area contributed by atoms with Gasteiger partial charge in [-0.2, -0.15) is 0 Å². The van der Waals surface area contributed by atoms with E-state index >= 15 is 0 Å². The molecule has 0 aliphatic heterocycles. The molecule has 0 aliphatic carbocycles. The Morgan fingerprint density at radius 3 is 2.65 bits per heavy atom. The van der Waals surface area contributed by atoms with Crippen LogP contribution in [0.2, 0.25) is 0 Å². The molecular weight excluding hydrogens is 332 g/mol. The lowest BCUT2D eigenvalue weighted by Crippen LogP contribution is -2.29. The van der Waals surface area contributed by atoms with E-state index in [1.54, 1.807) is 11.3 Å². The number of rotatable bonds is 4. The van der Waals surface area contributed by atoms with Gasteiger partial charge in [0, 0.05) is 9.17 Å². The topological polar surface area (TPSA) is 38.0 Å². The van der Waals surface area contributed by atoms with Crippen LogP contribution in [0, 0.1) is 0 Å². The fourth-order valence-corrected chi connectivity index (χ4v) is 3.87. The Kier molecular flexibility index (Phi) is 4.17. The molecule has 2 nitrogen and oxygen atoms in total. The van der Waals surface area contributed by atoms with Crippen molar-refractivity contribution >= 4 is 37.4 Å². The van der Waals surface area contributed by atoms with Gasteiger partial charge in [0.1, 0.15) is 0 Å². The number of nitrogens with one attached hydrogen (secondary N) is 1. The minimum Gasteiger partial charge on any atom is -0.271 e. The van der Waals surface area contributed by atoms with Crippen LogP contribution in [-0.2, 0) is 6.42 Å². The summed E-state index contributed by atoms with van der Waals surface area (Å²) in [6, 6.07) is 16.8. The Labute approximate surface area is 130 Å². The molecule has 102 valence electrons. The van der Waals surface area contributed by atoms with Crippen LogP contribution in [-0.4, -0.2) is 0 Å². The van der Waals surface area contributed by atoms with Crippen molar-refractivity contribution in [1.29, 1.82) is 0 Å².